The molecule has 5 rings (SSSR count). The van der Waals surface area contributed by atoms with Crippen LogP contribution in [0.25, 0.3) is 10.9 Å². The van der Waals surface area contributed by atoms with Crippen molar-refractivity contribution in [3.8, 4) is 0 Å². The predicted molar refractivity (Wildman–Crippen MR) is 132 cm³/mol. The van der Waals surface area contributed by atoms with Gasteiger partial charge in [-0.15, -0.1) is 11.3 Å². The molecule has 1 amide bonds. The Morgan fingerprint density at radius 3 is 2.66 bits per heavy atom. The zero-order valence-electron chi connectivity index (χ0n) is 18.5. The fraction of sp³-hybridized carbons (Fsp3) is 0.200. The van der Waals surface area contributed by atoms with Crippen LogP contribution in [0.2, 0.25) is 0 Å². The lowest BCUT2D eigenvalue weighted by molar-refractivity contribution is -0.384. The van der Waals surface area contributed by atoms with Gasteiger partial charge in [-0.25, -0.2) is 4.98 Å². The highest BCUT2D eigenvalue weighted by molar-refractivity contribution is 7.17. The summed E-state index contributed by atoms with van der Waals surface area (Å²) in [5.41, 5.74) is 1.61. The van der Waals surface area contributed by atoms with E-state index in [9.17, 15) is 24.5 Å². The number of benzene rings is 2. The van der Waals surface area contributed by atoms with E-state index in [1.807, 2.05) is 6.07 Å². The Morgan fingerprint density at radius 2 is 1.89 bits per heavy atom. The van der Waals surface area contributed by atoms with Crippen molar-refractivity contribution in [1.82, 2.24) is 9.55 Å². The number of nitro benzene ring substituents is 1. The van der Waals surface area contributed by atoms with Crippen molar-refractivity contribution in [2.24, 2.45) is 0 Å². The van der Waals surface area contributed by atoms with Crippen LogP contribution in [-0.2, 0) is 24.2 Å². The monoisotopic (exact) mass is 488 g/mol. The Bertz CT molecular complexity index is 1540. The number of nitrogens with one attached hydrogen (secondary N) is 1. The van der Waals surface area contributed by atoms with Crippen molar-refractivity contribution in [2.75, 3.05) is 5.32 Å². The predicted octanol–water partition coefficient (Wildman–Crippen LogP) is 4.11. The van der Waals surface area contributed by atoms with Crippen LogP contribution in [0.15, 0.2) is 59.7 Å². The van der Waals surface area contributed by atoms with Gasteiger partial charge in [0.15, 0.2) is 5.78 Å². The topological polar surface area (TPSA) is 124 Å². The molecule has 2 aromatic heterocycles. The van der Waals surface area contributed by atoms with Crippen molar-refractivity contribution >= 4 is 44.6 Å². The molecule has 0 spiro atoms. The summed E-state index contributed by atoms with van der Waals surface area (Å²) in [6.07, 6.45) is 4.88. The molecule has 2 heterocycles. The summed E-state index contributed by atoms with van der Waals surface area (Å²) in [5, 5.41) is 14.5. The number of nitrogens with zero attached hydrogens (tertiary/aromatic N) is 3. The number of rotatable bonds is 6. The molecular formula is C25H20N4O5S. The Hall–Kier alpha value is -4.18. The van der Waals surface area contributed by atoms with E-state index >= 15 is 0 Å². The number of ketones is 1. The van der Waals surface area contributed by atoms with Gasteiger partial charge >= 0.3 is 0 Å². The van der Waals surface area contributed by atoms with E-state index in [4.69, 9.17) is 0 Å². The normalized spacial score (nSPS) is 12.8. The molecule has 4 aromatic rings. The highest BCUT2D eigenvalue weighted by Gasteiger charge is 2.27. The molecule has 0 atom stereocenters. The van der Waals surface area contributed by atoms with Gasteiger partial charge in [-0.3, -0.25) is 29.1 Å². The third-order valence-corrected chi connectivity index (χ3v) is 7.23. The number of carbonyl (C=O) groups excluding carboxylic acids is 2. The van der Waals surface area contributed by atoms with Crippen LogP contribution in [0.5, 0.6) is 0 Å². The number of aromatic nitrogens is 2. The van der Waals surface area contributed by atoms with Crippen LogP contribution in [0.4, 0.5) is 10.7 Å². The number of hydrogen-bond donors (Lipinski definition) is 1. The Kier molecular flexibility index (Phi) is 5.96. The maximum atomic E-state index is 13.4. The Labute approximate surface area is 203 Å². The van der Waals surface area contributed by atoms with Gasteiger partial charge in [0.2, 0.25) is 5.91 Å². The van der Waals surface area contributed by atoms with E-state index in [0.717, 1.165) is 40.7 Å². The summed E-state index contributed by atoms with van der Waals surface area (Å²) >= 11 is 1.42. The molecule has 0 saturated heterocycles. The molecule has 10 heteroatoms. The molecule has 0 bridgehead atoms. The number of carbonyl (C=O) groups is 2. The molecule has 0 fully saturated rings. The Morgan fingerprint density at radius 1 is 1.11 bits per heavy atom. The van der Waals surface area contributed by atoms with Crippen LogP contribution < -0.4 is 10.9 Å². The average molecular weight is 489 g/mol. The standard InChI is InChI=1S/C25H20N4O5S/c30-21(13-28-14-26-19-12-16(29(33)34)10-11-17(19)25(28)32)27-24-22(18-8-4-5-9-20(18)35-24)23(31)15-6-2-1-3-7-15/h1-3,6-7,10-12,14H,4-5,8-9,13H2,(H,27,30). The molecule has 0 radical (unpaired) electrons. The molecule has 0 aliphatic heterocycles. The summed E-state index contributed by atoms with van der Waals surface area (Å²) in [5.74, 6) is -0.595. The molecule has 176 valence electrons. The number of fused-ring (bicyclic) bond motifs is 2. The van der Waals surface area contributed by atoms with Crippen LogP contribution >= 0.6 is 11.3 Å². The largest absolute Gasteiger partial charge is 0.316 e. The third-order valence-electron chi connectivity index (χ3n) is 6.02. The molecule has 0 saturated carbocycles. The fourth-order valence-electron chi connectivity index (χ4n) is 4.32. The number of amides is 1. The average Bonchev–Trinajstić information content (AvgIpc) is 3.23. The van der Waals surface area contributed by atoms with Gasteiger partial charge in [0.05, 0.1) is 27.7 Å². The van der Waals surface area contributed by atoms with Gasteiger partial charge in [0, 0.05) is 22.6 Å². The van der Waals surface area contributed by atoms with Crippen molar-refractivity contribution in [2.45, 2.75) is 32.2 Å². The maximum absolute atomic E-state index is 13.4. The minimum atomic E-state index is -0.560. The number of hydrogen-bond acceptors (Lipinski definition) is 7. The van der Waals surface area contributed by atoms with Gasteiger partial charge in [-0.1, -0.05) is 30.3 Å². The first-order chi connectivity index (χ1) is 16.9. The number of non-ortho nitro benzene ring substituents is 1. The molecule has 1 aliphatic carbocycles. The highest BCUT2D eigenvalue weighted by Crippen LogP contribution is 2.39. The van der Waals surface area contributed by atoms with Gasteiger partial charge in [-0.2, -0.15) is 0 Å². The molecular weight excluding hydrogens is 468 g/mol. The zero-order valence-corrected chi connectivity index (χ0v) is 19.3. The van der Waals surface area contributed by atoms with E-state index < -0.39 is 16.4 Å². The second kappa shape index (κ2) is 9.22. The van der Waals surface area contributed by atoms with E-state index in [2.05, 4.69) is 10.3 Å². The van der Waals surface area contributed by atoms with Crippen molar-refractivity contribution in [3.05, 3.63) is 96.9 Å². The van der Waals surface area contributed by atoms with Crippen molar-refractivity contribution in [1.29, 1.82) is 0 Å². The second-order valence-corrected chi connectivity index (χ2v) is 9.40. The molecule has 2 aromatic carbocycles. The maximum Gasteiger partial charge on any atom is 0.271 e. The lowest BCUT2D eigenvalue weighted by atomic mass is 9.92. The van der Waals surface area contributed by atoms with Gasteiger partial charge < -0.3 is 5.32 Å². The molecule has 9 nitrogen and oxygen atoms in total. The SMILES string of the molecule is O=C(Cn1cnc2cc([N+](=O)[O-])ccc2c1=O)Nc1sc2c(c1C(=O)c1ccccc1)CCCC2. The molecule has 1 N–H and O–H groups in total. The highest BCUT2D eigenvalue weighted by atomic mass is 32.1. The van der Waals surface area contributed by atoms with Crippen LogP contribution in [0, 0.1) is 10.1 Å². The smallest absolute Gasteiger partial charge is 0.271 e. The lowest BCUT2D eigenvalue weighted by Gasteiger charge is -2.13. The van der Waals surface area contributed by atoms with E-state index in [0.29, 0.717) is 16.1 Å². The first-order valence-corrected chi connectivity index (χ1v) is 11.9. The lowest BCUT2D eigenvalue weighted by Crippen LogP contribution is -2.28. The zero-order chi connectivity index (χ0) is 24.5. The summed E-state index contributed by atoms with van der Waals surface area (Å²) in [6, 6.07) is 12.7. The summed E-state index contributed by atoms with van der Waals surface area (Å²) in [7, 11) is 0. The third kappa shape index (κ3) is 4.35. The fourth-order valence-corrected chi connectivity index (χ4v) is 5.62. The van der Waals surface area contributed by atoms with Crippen LogP contribution in [0.3, 0.4) is 0 Å². The molecule has 0 unspecified atom stereocenters. The number of anilines is 1. The van der Waals surface area contributed by atoms with E-state index in [1.165, 1.54) is 35.9 Å². The number of aryl methyl sites for hydroxylation is 1. The van der Waals surface area contributed by atoms with Gasteiger partial charge in [0.25, 0.3) is 11.2 Å². The number of nitro groups is 1. The minimum absolute atomic E-state index is 0.133. The van der Waals surface area contributed by atoms with Crippen molar-refractivity contribution < 1.29 is 14.5 Å². The Balaban J connectivity index is 1.44. The summed E-state index contributed by atoms with van der Waals surface area (Å²) in [4.78, 5) is 54.8. The second-order valence-electron chi connectivity index (χ2n) is 8.29. The van der Waals surface area contributed by atoms with Crippen LogP contribution in [-0.4, -0.2) is 26.2 Å². The summed E-state index contributed by atoms with van der Waals surface area (Å²) < 4.78 is 1.15. The van der Waals surface area contributed by atoms with E-state index in [-0.39, 0.29) is 28.9 Å². The quantitative estimate of drug-likeness (QED) is 0.247. The number of thiophene rings is 1. The van der Waals surface area contributed by atoms with Crippen molar-refractivity contribution in [3.63, 3.8) is 0 Å². The summed E-state index contributed by atoms with van der Waals surface area (Å²) in [6.45, 7) is -0.305. The van der Waals surface area contributed by atoms with Gasteiger partial charge in [0.1, 0.15) is 11.5 Å². The molecule has 1 aliphatic rings. The molecule has 35 heavy (non-hydrogen) atoms. The van der Waals surface area contributed by atoms with Crippen LogP contribution in [0.1, 0.15) is 39.2 Å². The minimum Gasteiger partial charge on any atom is -0.316 e. The first kappa shape index (κ1) is 22.6. The van der Waals surface area contributed by atoms with Gasteiger partial charge in [-0.05, 0) is 37.3 Å². The van der Waals surface area contributed by atoms with E-state index in [1.54, 1.807) is 24.3 Å². The first-order valence-electron chi connectivity index (χ1n) is 11.1.